The first-order valence-corrected chi connectivity index (χ1v) is 14.8. The summed E-state index contributed by atoms with van der Waals surface area (Å²) >= 11 is 3.26. The number of nitrogens with one attached hydrogen (secondary N) is 1. The lowest BCUT2D eigenvalue weighted by atomic mass is 9.87. The maximum atomic E-state index is 13.2. The van der Waals surface area contributed by atoms with Crippen LogP contribution in [0, 0.1) is 5.92 Å². The van der Waals surface area contributed by atoms with E-state index in [-0.39, 0.29) is 5.78 Å². The highest BCUT2D eigenvalue weighted by Gasteiger charge is 2.19. The Morgan fingerprint density at radius 1 is 1.19 bits per heavy atom. The molecule has 0 saturated heterocycles. The van der Waals surface area contributed by atoms with Crippen molar-refractivity contribution in [1.82, 2.24) is 5.32 Å². The topological polar surface area (TPSA) is 58.6 Å². The maximum Gasteiger partial charge on any atom is 0.326 e. The van der Waals surface area contributed by atoms with Crippen molar-refractivity contribution in [3.05, 3.63) is 64.5 Å². The molecule has 2 heterocycles. The van der Waals surface area contributed by atoms with E-state index in [0.717, 1.165) is 90.6 Å². The number of fused-ring (bicyclic) bond motifs is 1. The zero-order chi connectivity index (χ0) is 25.3. The van der Waals surface area contributed by atoms with Crippen molar-refractivity contribution < 1.29 is 14.6 Å². The number of aryl methyl sites for hydroxylation is 1. The summed E-state index contributed by atoms with van der Waals surface area (Å²) in [5, 5.41) is 12.6. The molecule has 0 amide bonds. The third-order valence-electron chi connectivity index (χ3n) is 6.86. The third kappa shape index (κ3) is 7.03. The number of hydrogen-bond acceptors (Lipinski definition) is 6. The van der Waals surface area contributed by atoms with Gasteiger partial charge in [0.2, 0.25) is 0 Å². The van der Waals surface area contributed by atoms with Gasteiger partial charge in [-0.1, -0.05) is 48.3 Å². The van der Waals surface area contributed by atoms with Gasteiger partial charge in [0.05, 0.1) is 15.7 Å². The molecule has 2 N–H and O–H groups in total. The molecule has 189 valence electrons. The Hall–Kier alpha value is -2.06. The molecule has 1 atom stereocenters. The van der Waals surface area contributed by atoms with E-state index in [9.17, 15) is 9.82 Å². The second-order valence-electron chi connectivity index (χ2n) is 9.45. The number of carbonyl (C=O) groups is 1. The van der Waals surface area contributed by atoms with Gasteiger partial charge in [-0.05, 0) is 80.1 Å². The minimum absolute atomic E-state index is 0.238. The molecule has 4 nitrogen and oxygen atoms in total. The van der Waals surface area contributed by atoms with Crippen LogP contribution in [0.5, 0.6) is 5.75 Å². The number of ketones is 1. The zero-order valence-corrected chi connectivity index (χ0v) is 22.9. The van der Waals surface area contributed by atoms with Crippen molar-refractivity contribution in [2.75, 3.05) is 19.9 Å². The molecular weight excluding hydrogens is 485 g/mol. The average Bonchev–Trinajstić information content (AvgIpc) is 3.35. The fourth-order valence-electron chi connectivity index (χ4n) is 4.96. The van der Waals surface area contributed by atoms with Crippen molar-refractivity contribution >= 4 is 41.8 Å². The molecule has 0 spiro atoms. The Balaban J connectivity index is 1.37. The van der Waals surface area contributed by atoms with Crippen LogP contribution in [0.15, 0.2) is 52.7 Å². The summed E-state index contributed by atoms with van der Waals surface area (Å²) in [5.41, 5.74) is 5.47. The second kappa shape index (κ2) is 13.5. The number of thioether (sulfide) groups is 1. The van der Waals surface area contributed by atoms with Crippen LogP contribution in [0.2, 0.25) is 0 Å². The fourth-order valence-corrected chi connectivity index (χ4v) is 6.84. The van der Waals surface area contributed by atoms with Gasteiger partial charge in [0.1, 0.15) is 5.75 Å². The van der Waals surface area contributed by atoms with Gasteiger partial charge >= 0.3 is 7.48 Å². The zero-order valence-electron chi connectivity index (χ0n) is 21.2. The van der Waals surface area contributed by atoms with Crippen LogP contribution in [-0.4, -0.2) is 38.2 Å². The molecule has 0 fully saturated rings. The van der Waals surface area contributed by atoms with E-state index in [1.54, 1.807) is 23.1 Å². The predicted octanol–water partition coefficient (Wildman–Crippen LogP) is 5.87. The molecule has 2 aromatic carbocycles. The quantitative estimate of drug-likeness (QED) is 0.210. The second-order valence-corrected chi connectivity index (χ2v) is 11.6. The van der Waals surface area contributed by atoms with Crippen LogP contribution in [0.25, 0.3) is 11.1 Å². The SMILES string of the molecule is CNCc1ccc2c(c1)CCCC(CCC(=O)c1cc(-c3cccc([B]O)c3)c(SC)s1)CCCO2. The summed E-state index contributed by atoms with van der Waals surface area (Å²) in [4.78, 5) is 14.0. The third-order valence-corrected chi connectivity index (χ3v) is 9.17. The van der Waals surface area contributed by atoms with Gasteiger partial charge < -0.3 is 15.1 Å². The number of thiophene rings is 1. The molecule has 0 saturated carbocycles. The molecular formula is C29H35BNO3S2. The van der Waals surface area contributed by atoms with E-state index in [2.05, 4.69) is 23.5 Å². The van der Waals surface area contributed by atoms with E-state index >= 15 is 0 Å². The van der Waals surface area contributed by atoms with E-state index < -0.39 is 0 Å². The minimum atomic E-state index is 0.238. The standard InChI is InChI=1S/C29H35BNO3S2/c1-31-19-21-12-14-27-23(16-21)9-3-6-20(7-5-15-34-27)11-13-26(32)28-18-25(29(35-2)36-28)22-8-4-10-24(17-22)30-33/h4,8,10,12,14,16-18,20,31,33H,3,5-7,9,11,13,15,19H2,1-2H3. The van der Waals surface area contributed by atoms with Gasteiger partial charge in [0, 0.05) is 18.5 Å². The van der Waals surface area contributed by atoms with E-state index in [1.165, 1.54) is 11.1 Å². The van der Waals surface area contributed by atoms with Crippen molar-refractivity contribution in [3.8, 4) is 16.9 Å². The summed E-state index contributed by atoms with van der Waals surface area (Å²) in [6.45, 7) is 1.60. The predicted molar refractivity (Wildman–Crippen MR) is 153 cm³/mol. The Bertz CT molecular complexity index is 1160. The van der Waals surface area contributed by atoms with Crippen molar-refractivity contribution in [2.24, 2.45) is 5.92 Å². The molecule has 1 aliphatic heterocycles. The van der Waals surface area contributed by atoms with Gasteiger partial charge in [-0.25, -0.2) is 0 Å². The number of carbonyl (C=O) groups excluding carboxylic acids is 1. The van der Waals surface area contributed by atoms with Gasteiger partial charge in [0.25, 0.3) is 0 Å². The summed E-state index contributed by atoms with van der Waals surface area (Å²) in [5.74, 6) is 1.82. The monoisotopic (exact) mass is 520 g/mol. The van der Waals surface area contributed by atoms with Crippen molar-refractivity contribution in [2.45, 2.75) is 55.7 Å². The average molecular weight is 521 g/mol. The molecule has 1 unspecified atom stereocenters. The minimum Gasteiger partial charge on any atom is -0.493 e. The highest BCUT2D eigenvalue weighted by atomic mass is 32.2. The first kappa shape index (κ1) is 27.0. The van der Waals surface area contributed by atoms with Crippen LogP contribution >= 0.6 is 23.1 Å². The highest BCUT2D eigenvalue weighted by molar-refractivity contribution is 8.00. The Morgan fingerprint density at radius 2 is 2.06 bits per heavy atom. The van der Waals surface area contributed by atoms with Crippen LogP contribution < -0.4 is 15.5 Å². The van der Waals surface area contributed by atoms with Gasteiger partial charge in [-0.2, -0.15) is 0 Å². The number of rotatable bonds is 9. The lowest BCUT2D eigenvalue weighted by Gasteiger charge is -2.20. The number of benzene rings is 2. The van der Waals surface area contributed by atoms with Gasteiger partial charge in [0.15, 0.2) is 5.78 Å². The molecule has 0 bridgehead atoms. The molecule has 1 aromatic heterocycles. The number of hydrogen-bond donors (Lipinski definition) is 2. The molecule has 4 rings (SSSR count). The van der Waals surface area contributed by atoms with Crippen LogP contribution in [0.4, 0.5) is 0 Å². The summed E-state index contributed by atoms with van der Waals surface area (Å²) < 4.78 is 7.26. The van der Waals surface area contributed by atoms with E-state index in [4.69, 9.17) is 4.74 Å². The normalized spacial score (nSPS) is 16.1. The first-order valence-electron chi connectivity index (χ1n) is 12.8. The molecule has 0 aliphatic carbocycles. The molecule has 36 heavy (non-hydrogen) atoms. The smallest absolute Gasteiger partial charge is 0.326 e. The van der Waals surface area contributed by atoms with E-state index in [0.29, 0.717) is 12.3 Å². The largest absolute Gasteiger partial charge is 0.493 e. The molecule has 1 aliphatic rings. The summed E-state index contributed by atoms with van der Waals surface area (Å²) in [6.07, 6.45) is 9.00. The van der Waals surface area contributed by atoms with Crippen LogP contribution in [0.3, 0.4) is 0 Å². The van der Waals surface area contributed by atoms with Crippen LogP contribution in [0.1, 0.15) is 59.3 Å². The lowest BCUT2D eigenvalue weighted by molar-refractivity contribution is 0.0975. The number of ether oxygens (including phenoxy) is 1. The fraction of sp³-hybridized carbons (Fsp3) is 0.414. The highest BCUT2D eigenvalue weighted by Crippen LogP contribution is 2.38. The molecule has 7 heteroatoms. The summed E-state index contributed by atoms with van der Waals surface area (Å²) in [7, 11) is 3.09. The van der Waals surface area contributed by atoms with Crippen molar-refractivity contribution in [1.29, 1.82) is 0 Å². The number of Topliss-reactive ketones (excluding diaryl/α,β-unsaturated/α-hetero) is 1. The maximum absolute atomic E-state index is 13.2. The molecule has 1 radical (unpaired) electrons. The Kier molecular flexibility index (Phi) is 10.1. The first-order chi connectivity index (χ1) is 17.6. The van der Waals surface area contributed by atoms with Crippen molar-refractivity contribution in [3.63, 3.8) is 0 Å². The summed E-state index contributed by atoms with van der Waals surface area (Å²) in [6, 6.07) is 16.4. The van der Waals surface area contributed by atoms with E-state index in [1.807, 2.05) is 43.6 Å². The lowest BCUT2D eigenvalue weighted by Crippen LogP contribution is -2.12. The Labute approximate surface area is 224 Å². The van der Waals surface area contributed by atoms with Crippen LogP contribution in [-0.2, 0) is 13.0 Å². The van der Waals surface area contributed by atoms with Gasteiger partial charge in [-0.15, -0.1) is 23.1 Å². The molecule has 3 aromatic rings. The van der Waals surface area contributed by atoms with Gasteiger partial charge in [-0.3, -0.25) is 4.79 Å². The Morgan fingerprint density at radius 3 is 2.86 bits per heavy atom.